The lowest BCUT2D eigenvalue weighted by Gasteiger charge is -2.37. The topological polar surface area (TPSA) is 68.0 Å². The number of halogens is 1. The third-order valence-electron chi connectivity index (χ3n) is 6.61. The van der Waals surface area contributed by atoms with Crippen LogP contribution in [0.25, 0.3) is 11.1 Å². The number of nitrogen functional groups attached to an aromatic ring is 1. The van der Waals surface area contributed by atoms with Crippen LogP contribution in [0.15, 0.2) is 66.7 Å². The van der Waals surface area contributed by atoms with Gasteiger partial charge in [-0.25, -0.2) is 0 Å². The van der Waals surface area contributed by atoms with Crippen LogP contribution < -0.4 is 15.2 Å². The molecule has 5 rings (SSSR count). The lowest BCUT2D eigenvalue weighted by atomic mass is 9.86. The summed E-state index contributed by atoms with van der Waals surface area (Å²) in [6.45, 7) is 4.83. The predicted octanol–water partition coefficient (Wildman–Crippen LogP) is 5.32. The first kappa shape index (κ1) is 22.3. The van der Waals surface area contributed by atoms with Crippen LogP contribution in [-0.2, 0) is 0 Å². The summed E-state index contributed by atoms with van der Waals surface area (Å²) in [6, 6.07) is 20.9. The highest BCUT2D eigenvalue weighted by Crippen LogP contribution is 2.47. The molecule has 0 saturated carbocycles. The van der Waals surface area contributed by atoms with Crippen molar-refractivity contribution in [3.63, 3.8) is 0 Å². The van der Waals surface area contributed by atoms with Crippen molar-refractivity contribution in [3.05, 3.63) is 83.4 Å². The Kier molecular flexibility index (Phi) is 6.16. The maximum atomic E-state index is 12.6. The lowest BCUT2D eigenvalue weighted by Crippen LogP contribution is -2.49. The lowest BCUT2D eigenvalue weighted by molar-refractivity contribution is 0.0668. The first-order valence-electron chi connectivity index (χ1n) is 11.6. The van der Waals surface area contributed by atoms with E-state index in [1.54, 1.807) is 12.1 Å². The molecule has 1 unspecified atom stereocenters. The molecule has 3 N–H and O–H groups in total. The van der Waals surface area contributed by atoms with Gasteiger partial charge in [0.1, 0.15) is 30.0 Å². The molecule has 0 aliphatic carbocycles. The van der Waals surface area contributed by atoms with Crippen LogP contribution in [0.2, 0.25) is 0 Å². The number of fused-ring (bicyclic) bond motifs is 1. The number of ether oxygens (including phenoxy) is 2. The van der Waals surface area contributed by atoms with Crippen molar-refractivity contribution in [1.82, 2.24) is 4.90 Å². The van der Waals surface area contributed by atoms with Crippen molar-refractivity contribution >= 4 is 16.8 Å². The van der Waals surface area contributed by atoms with Crippen LogP contribution >= 0.6 is 0 Å². The number of benzene rings is 3. The molecule has 5 nitrogen and oxygen atoms in total. The molecule has 0 aromatic heterocycles. The number of hydrogen-bond acceptors (Lipinski definition) is 5. The Labute approximate surface area is 199 Å². The number of allylic oxidation sites excluding steroid dienone is 1. The highest BCUT2D eigenvalue weighted by Gasteiger charge is 2.30. The summed E-state index contributed by atoms with van der Waals surface area (Å²) in [5, 5.41) is 10.0. The Morgan fingerprint density at radius 3 is 2.50 bits per heavy atom. The van der Waals surface area contributed by atoms with Gasteiger partial charge in [0.05, 0.1) is 6.67 Å². The fourth-order valence-electron chi connectivity index (χ4n) is 4.70. The highest BCUT2D eigenvalue weighted by atomic mass is 19.1. The Bertz CT molecular complexity index is 1190. The number of phenols is 1. The van der Waals surface area contributed by atoms with E-state index >= 15 is 0 Å². The third kappa shape index (κ3) is 4.46. The first-order valence-corrected chi connectivity index (χ1v) is 11.6. The largest absolute Gasteiger partial charge is 0.508 e. The van der Waals surface area contributed by atoms with Gasteiger partial charge in [-0.05, 0) is 66.1 Å². The van der Waals surface area contributed by atoms with Crippen molar-refractivity contribution in [2.45, 2.75) is 13.0 Å². The van der Waals surface area contributed by atoms with E-state index in [0.29, 0.717) is 12.3 Å². The molecular weight excluding hydrogens is 431 g/mol. The van der Waals surface area contributed by atoms with Crippen LogP contribution in [0.3, 0.4) is 0 Å². The van der Waals surface area contributed by atoms with Crippen LogP contribution in [0, 0.1) is 5.92 Å². The van der Waals surface area contributed by atoms with Gasteiger partial charge in [-0.15, -0.1) is 0 Å². The molecule has 34 heavy (non-hydrogen) atoms. The average molecular weight is 461 g/mol. The number of hydrogen-bond donors (Lipinski definition) is 2. The smallest absolute Gasteiger partial charge is 0.150 e. The van der Waals surface area contributed by atoms with Gasteiger partial charge in [0.2, 0.25) is 0 Å². The fraction of sp³-hybridized carbons (Fsp3) is 0.286. The molecule has 1 saturated heterocycles. The number of nitrogens with zero attached hydrogens (tertiary/aromatic N) is 1. The summed E-state index contributed by atoms with van der Waals surface area (Å²) in [6.07, 6.45) is -0.312. The number of alkyl halides is 1. The standard InChI is InChI=1S/C28H29FN2O3/c1-18-25-14-23(32)8-11-26(25)34-28(27(18)20-2-6-22(30)7-3-20)21-4-9-24(10-5-21)33-13-12-31-16-19(15-29)17-31/h2-11,14,19,28,32H,12-13,15-17,30H2,1H3. The molecular formula is C28H29FN2O3. The summed E-state index contributed by atoms with van der Waals surface area (Å²) < 4.78 is 24.9. The minimum atomic E-state index is -0.312. The molecule has 2 heterocycles. The van der Waals surface area contributed by atoms with Crippen LogP contribution in [0.5, 0.6) is 17.2 Å². The number of phenolic OH excluding ortho intramolecular Hbond substituents is 1. The summed E-state index contributed by atoms with van der Waals surface area (Å²) >= 11 is 0. The zero-order valence-electron chi connectivity index (χ0n) is 19.2. The number of anilines is 1. The van der Waals surface area contributed by atoms with Crippen LogP contribution in [0.1, 0.15) is 29.7 Å². The monoisotopic (exact) mass is 460 g/mol. The van der Waals surface area contributed by atoms with Gasteiger partial charge in [-0.1, -0.05) is 24.3 Å². The molecule has 2 aliphatic rings. The van der Waals surface area contributed by atoms with Crippen molar-refractivity contribution in [1.29, 1.82) is 0 Å². The quantitative estimate of drug-likeness (QED) is 0.467. The second-order valence-electron chi connectivity index (χ2n) is 9.04. The van der Waals surface area contributed by atoms with Crippen molar-refractivity contribution < 1.29 is 19.0 Å². The van der Waals surface area contributed by atoms with E-state index in [4.69, 9.17) is 15.2 Å². The maximum absolute atomic E-state index is 12.6. The van der Waals surface area contributed by atoms with E-state index < -0.39 is 0 Å². The molecule has 0 amide bonds. The molecule has 0 bridgehead atoms. The molecule has 1 atom stereocenters. The fourth-order valence-corrected chi connectivity index (χ4v) is 4.70. The first-order chi connectivity index (χ1) is 16.5. The van der Waals surface area contributed by atoms with Crippen LogP contribution in [-0.4, -0.2) is 42.9 Å². The van der Waals surface area contributed by atoms with Gasteiger partial charge < -0.3 is 20.3 Å². The van der Waals surface area contributed by atoms with Gasteiger partial charge in [-0.2, -0.15) is 0 Å². The number of rotatable bonds is 7. The van der Waals surface area contributed by atoms with Gasteiger partial charge in [0, 0.05) is 42.4 Å². The maximum Gasteiger partial charge on any atom is 0.150 e. The summed E-state index contributed by atoms with van der Waals surface area (Å²) in [5.41, 5.74) is 11.6. The minimum absolute atomic E-state index is 0.190. The van der Waals surface area contributed by atoms with E-state index in [-0.39, 0.29) is 24.4 Å². The van der Waals surface area contributed by atoms with E-state index in [2.05, 4.69) is 11.8 Å². The molecule has 176 valence electrons. The molecule has 2 aliphatic heterocycles. The number of nitrogens with two attached hydrogens (primary N) is 1. The highest BCUT2D eigenvalue weighted by molar-refractivity contribution is 5.95. The average Bonchev–Trinajstić information content (AvgIpc) is 2.82. The second kappa shape index (κ2) is 9.39. The Morgan fingerprint density at radius 2 is 1.79 bits per heavy atom. The number of likely N-dealkylation sites (tertiary alicyclic amines) is 1. The minimum Gasteiger partial charge on any atom is -0.508 e. The number of aromatic hydroxyl groups is 1. The van der Waals surface area contributed by atoms with Crippen molar-refractivity contribution in [3.8, 4) is 17.2 Å². The van der Waals surface area contributed by atoms with Crippen LogP contribution in [0.4, 0.5) is 10.1 Å². The zero-order valence-corrected chi connectivity index (χ0v) is 19.2. The Hall–Kier alpha value is -3.51. The molecule has 0 spiro atoms. The van der Waals surface area contributed by atoms with Crippen molar-refractivity contribution in [2.24, 2.45) is 5.92 Å². The van der Waals surface area contributed by atoms with E-state index in [1.807, 2.05) is 54.6 Å². The Morgan fingerprint density at radius 1 is 1.06 bits per heavy atom. The predicted molar refractivity (Wildman–Crippen MR) is 133 cm³/mol. The zero-order chi connectivity index (χ0) is 23.7. The van der Waals surface area contributed by atoms with Crippen molar-refractivity contribution in [2.75, 3.05) is 38.6 Å². The summed E-state index contributed by atoms with van der Waals surface area (Å²) in [5.74, 6) is 1.93. The molecule has 1 fully saturated rings. The second-order valence-corrected chi connectivity index (χ2v) is 9.04. The van der Waals surface area contributed by atoms with E-state index in [9.17, 15) is 9.50 Å². The normalized spacial score (nSPS) is 18.2. The van der Waals surface area contributed by atoms with E-state index in [0.717, 1.165) is 59.0 Å². The third-order valence-corrected chi connectivity index (χ3v) is 6.61. The van der Waals surface area contributed by atoms with Gasteiger partial charge in [0.25, 0.3) is 0 Å². The molecule has 3 aromatic carbocycles. The van der Waals surface area contributed by atoms with Gasteiger partial charge >= 0.3 is 0 Å². The van der Waals surface area contributed by atoms with Gasteiger partial charge in [-0.3, -0.25) is 9.29 Å². The molecule has 6 heteroatoms. The van der Waals surface area contributed by atoms with Gasteiger partial charge in [0.15, 0.2) is 0 Å². The summed E-state index contributed by atoms with van der Waals surface area (Å²) in [7, 11) is 0. The van der Waals surface area contributed by atoms with E-state index in [1.165, 1.54) is 0 Å². The SMILES string of the molecule is CC1=C(c2ccc(N)cc2)C(c2ccc(OCCN3CC(CF)C3)cc2)Oc2ccc(O)cc21. The Balaban J connectivity index is 1.37. The summed E-state index contributed by atoms with van der Waals surface area (Å²) in [4.78, 5) is 2.20. The molecule has 0 radical (unpaired) electrons. The molecule has 3 aromatic rings.